The molecule has 2 heterocycles. The van der Waals surface area contributed by atoms with Crippen LogP contribution < -0.4 is 0 Å². The zero-order chi connectivity index (χ0) is 20.1. The van der Waals surface area contributed by atoms with Crippen LogP contribution in [0.25, 0.3) is 11.8 Å². The van der Waals surface area contributed by atoms with Crippen LogP contribution in [0.4, 0.5) is 0 Å². The largest absolute Gasteiger partial charge is 0.297 e. The van der Waals surface area contributed by atoms with Gasteiger partial charge in [0.05, 0.1) is 12.4 Å². The first kappa shape index (κ1) is 20.0. The summed E-state index contributed by atoms with van der Waals surface area (Å²) in [6, 6.07) is 17.9. The van der Waals surface area contributed by atoms with Gasteiger partial charge in [-0.15, -0.1) is 0 Å². The van der Waals surface area contributed by atoms with Crippen molar-refractivity contribution in [3.05, 3.63) is 76.0 Å². The first-order valence-corrected chi connectivity index (χ1v) is 10.4. The van der Waals surface area contributed by atoms with Gasteiger partial charge in [0.2, 0.25) is 4.77 Å². The van der Waals surface area contributed by atoms with Crippen molar-refractivity contribution in [2.24, 2.45) is 0 Å². The molecular weight excluding hydrogens is 404 g/mol. The van der Waals surface area contributed by atoms with Gasteiger partial charge >= 0.3 is 0 Å². The molecule has 0 atom stereocenters. The van der Waals surface area contributed by atoms with Gasteiger partial charge in [0.25, 0.3) is 0 Å². The normalized spacial score (nSPS) is 15.9. The Hall–Kier alpha value is -2.32. The lowest BCUT2D eigenvalue weighted by Crippen LogP contribution is -2.46. The van der Waals surface area contributed by atoms with Crippen molar-refractivity contribution < 1.29 is 0 Å². The fourth-order valence-corrected chi connectivity index (χ4v) is 3.76. The molecule has 4 rings (SSSR count). The predicted molar refractivity (Wildman–Crippen MR) is 119 cm³/mol. The van der Waals surface area contributed by atoms with E-state index < -0.39 is 0 Å². The molecule has 1 aliphatic heterocycles. The fourth-order valence-electron chi connectivity index (χ4n) is 3.34. The van der Waals surface area contributed by atoms with Crippen molar-refractivity contribution in [1.29, 1.82) is 0 Å². The van der Waals surface area contributed by atoms with Gasteiger partial charge in [-0.1, -0.05) is 60.2 Å². The summed E-state index contributed by atoms with van der Waals surface area (Å²) < 4.78 is 3.98. The van der Waals surface area contributed by atoms with E-state index >= 15 is 0 Å². The summed E-state index contributed by atoms with van der Waals surface area (Å²) in [7, 11) is 0. The summed E-state index contributed by atoms with van der Waals surface area (Å²) in [5, 5.41) is 9.08. The summed E-state index contributed by atoms with van der Waals surface area (Å²) in [5.41, 5.74) is 2.06. The van der Waals surface area contributed by atoms with E-state index in [9.17, 15) is 0 Å². The highest BCUT2D eigenvalue weighted by Gasteiger charge is 2.17. The smallest absolute Gasteiger partial charge is 0.221 e. The number of benzene rings is 2. The summed E-state index contributed by atoms with van der Waals surface area (Å²) in [6.07, 6.45) is 4.41. The van der Waals surface area contributed by atoms with Crippen molar-refractivity contribution in [3.8, 4) is 5.69 Å². The lowest BCUT2D eigenvalue weighted by Gasteiger charge is -2.33. The first-order chi connectivity index (χ1) is 14.2. The van der Waals surface area contributed by atoms with Crippen LogP contribution in [-0.4, -0.2) is 62.3 Å². The van der Waals surface area contributed by atoms with Crippen LogP contribution in [0.3, 0.4) is 0 Å². The predicted octanol–water partition coefficient (Wildman–Crippen LogP) is 3.74. The molecule has 29 heavy (non-hydrogen) atoms. The number of piperazine rings is 1. The lowest BCUT2D eigenvalue weighted by atomic mass is 10.2. The van der Waals surface area contributed by atoms with Gasteiger partial charge in [-0.3, -0.25) is 9.80 Å². The molecular formula is C21H23ClN6S. The first-order valence-electron chi connectivity index (χ1n) is 9.64. The van der Waals surface area contributed by atoms with Crippen molar-refractivity contribution in [1.82, 2.24) is 29.6 Å². The highest BCUT2D eigenvalue weighted by Crippen LogP contribution is 2.14. The fraction of sp³-hybridized carbons (Fsp3) is 0.286. The minimum Gasteiger partial charge on any atom is -0.297 e. The maximum atomic E-state index is 6.07. The van der Waals surface area contributed by atoms with Gasteiger partial charge in [0.15, 0.2) is 0 Å². The maximum Gasteiger partial charge on any atom is 0.221 e. The molecule has 0 unspecified atom stereocenters. The quantitative estimate of drug-likeness (QED) is 0.562. The molecule has 0 spiro atoms. The maximum absolute atomic E-state index is 6.07. The van der Waals surface area contributed by atoms with Crippen LogP contribution >= 0.6 is 23.8 Å². The molecule has 0 N–H and O–H groups in total. The number of aromatic nitrogens is 4. The Morgan fingerprint density at radius 2 is 1.69 bits per heavy atom. The van der Waals surface area contributed by atoms with Crippen molar-refractivity contribution in [3.63, 3.8) is 0 Å². The Morgan fingerprint density at radius 1 is 0.931 bits per heavy atom. The molecule has 1 saturated heterocycles. The third kappa shape index (κ3) is 5.19. The highest BCUT2D eigenvalue weighted by atomic mass is 35.5. The monoisotopic (exact) mass is 426 g/mol. The van der Waals surface area contributed by atoms with E-state index in [0.29, 0.717) is 16.5 Å². The van der Waals surface area contributed by atoms with Crippen LogP contribution in [0, 0.1) is 4.77 Å². The summed E-state index contributed by atoms with van der Waals surface area (Å²) >= 11 is 11.6. The summed E-state index contributed by atoms with van der Waals surface area (Å²) in [6.45, 7) is 5.61. The van der Waals surface area contributed by atoms with E-state index in [1.807, 2.05) is 30.3 Å². The third-order valence-corrected chi connectivity index (χ3v) is 5.58. The molecule has 6 nitrogen and oxygen atoms in total. The Bertz CT molecular complexity index is 1020. The average Bonchev–Trinajstić information content (AvgIpc) is 3.10. The van der Waals surface area contributed by atoms with Crippen molar-refractivity contribution in [2.45, 2.75) is 6.67 Å². The number of halogens is 1. The Morgan fingerprint density at radius 3 is 2.45 bits per heavy atom. The Labute approximate surface area is 180 Å². The van der Waals surface area contributed by atoms with Gasteiger partial charge in [0.1, 0.15) is 0 Å². The number of rotatable bonds is 6. The van der Waals surface area contributed by atoms with E-state index in [1.54, 1.807) is 9.36 Å². The van der Waals surface area contributed by atoms with Gasteiger partial charge in [-0.05, 0) is 46.4 Å². The summed E-state index contributed by atoms with van der Waals surface area (Å²) in [4.78, 5) is 4.81. The van der Waals surface area contributed by atoms with Crippen LogP contribution in [-0.2, 0) is 6.67 Å². The molecule has 1 aromatic heterocycles. The molecule has 3 aromatic rings. The highest BCUT2D eigenvalue weighted by molar-refractivity contribution is 7.71. The van der Waals surface area contributed by atoms with Gasteiger partial charge in [-0.2, -0.15) is 4.68 Å². The molecule has 0 amide bonds. The Kier molecular flexibility index (Phi) is 6.51. The topological polar surface area (TPSA) is 42.1 Å². The van der Waals surface area contributed by atoms with Crippen molar-refractivity contribution >= 4 is 29.9 Å². The second kappa shape index (κ2) is 9.45. The van der Waals surface area contributed by atoms with Crippen molar-refractivity contribution in [2.75, 3.05) is 32.7 Å². The van der Waals surface area contributed by atoms with Crippen LogP contribution in [0.2, 0.25) is 5.02 Å². The van der Waals surface area contributed by atoms with Crippen LogP contribution in [0.1, 0.15) is 5.56 Å². The van der Waals surface area contributed by atoms with E-state index in [1.165, 1.54) is 5.56 Å². The molecule has 1 aliphatic rings. The molecule has 150 valence electrons. The standard InChI is InChI=1S/C21H23ClN6S/c22-19-9-4-10-20(16-19)28-21(29)27(23-24-28)17-26-14-12-25(13-15-26)11-5-8-18-6-2-1-3-7-18/h1-10,16H,11-15,17H2/b8-5+. The SMILES string of the molecule is S=c1n(CN2CCN(C/C=C/c3ccccc3)CC2)nnn1-c1cccc(Cl)c1. The lowest BCUT2D eigenvalue weighted by molar-refractivity contribution is 0.109. The second-order valence-electron chi connectivity index (χ2n) is 7.03. The summed E-state index contributed by atoms with van der Waals surface area (Å²) in [5.74, 6) is 0. The Balaban J connectivity index is 1.30. The van der Waals surface area contributed by atoms with Gasteiger partial charge < -0.3 is 0 Å². The number of hydrogen-bond donors (Lipinski definition) is 0. The number of tetrazole rings is 1. The minimum absolute atomic E-state index is 0.570. The minimum atomic E-state index is 0.570. The van der Waals surface area contributed by atoms with E-state index in [2.05, 4.69) is 56.6 Å². The molecule has 1 fully saturated rings. The number of nitrogens with zero attached hydrogens (tertiary/aromatic N) is 6. The average molecular weight is 427 g/mol. The number of hydrogen-bond acceptors (Lipinski definition) is 5. The molecule has 0 saturated carbocycles. The zero-order valence-corrected chi connectivity index (χ0v) is 17.6. The molecule has 0 radical (unpaired) electrons. The molecule has 0 bridgehead atoms. The van der Waals surface area contributed by atoms with E-state index in [4.69, 9.17) is 23.8 Å². The van der Waals surface area contributed by atoms with E-state index in [0.717, 1.165) is 38.4 Å². The molecule has 2 aromatic carbocycles. The van der Waals surface area contributed by atoms with Crippen LogP contribution in [0.15, 0.2) is 60.7 Å². The molecule has 0 aliphatic carbocycles. The van der Waals surface area contributed by atoms with Gasteiger partial charge in [-0.25, -0.2) is 4.68 Å². The van der Waals surface area contributed by atoms with Gasteiger partial charge in [0, 0.05) is 37.7 Å². The second-order valence-corrected chi connectivity index (χ2v) is 7.83. The zero-order valence-electron chi connectivity index (χ0n) is 16.1. The third-order valence-electron chi connectivity index (χ3n) is 4.96. The molecule has 8 heteroatoms. The van der Waals surface area contributed by atoms with Crippen LogP contribution in [0.5, 0.6) is 0 Å². The van der Waals surface area contributed by atoms with E-state index in [-0.39, 0.29) is 0 Å².